The Bertz CT molecular complexity index is 973. The quantitative estimate of drug-likeness (QED) is 0.292. The highest BCUT2D eigenvalue weighted by molar-refractivity contribution is 14.1. The minimum absolute atomic E-state index is 0.503. The molecule has 0 amide bonds. The summed E-state index contributed by atoms with van der Waals surface area (Å²) in [4.78, 5) is 0. The average molecular weight is 566 g/mol. The lowest BCUT2D eigenvalue weighted by Crippen LogP contribution is -2.05. The average Bonchev–Trinajstić information content (AvgIpc) is 2.68. The van der Waals surface area contributed by atoms with Gasteiger partial charge in [-0.25, -0.2) is 0 Å². The first-order valence-corrected chi connectivity index (χ1v) is 11.5. The van der Waals surface area contributed by atoms with Crippen LogP contribution in [0.25, 0.3) is 0 Å². The Morgan fingerprint density at radius 1 is 0.931 bits per heavy atom. The second-order valence-electron chi connectivity index (χ2n) is 6.92. The topological polar surface area (TPSA) is 30.5 Å². The van der Waals surface area contributed by atoms with E-state index in [1.807, 2.05) is 19.1 Å². The van der Waals surface area contributed by atoms with Gasteiger partial charge in [-0.2, -0.15) is 0 Å². The summed E-state index contributed by atoms with van der Waals surface area (Å²) in [7, 11) is 0. The van der Waals surface area contributed by atoms with Crippen molar-refractivity contribution in [3.8, 4) is 11.5 Å². The van der Waals surface area contributed by atoms with Gasteiger partial charge in [0.05, 0.1) is 10.2 Å². The van der Waals surface area contributed by atoms with Crippen LogP contribution in [0.1, 0.15) is 29.2 Å². The Balaban J connectivity index is 1.75. The van der Waals surface area contributed by atoms with E-state index in [2.05, 4.69) is 100 Å². The first kappa shape index (κ1) is 22.0. The number of rotatable bonds is 8. The summed E-state index contributed by atoms with van der Waals surface area (Å²) >= 11 is 5.79. The summed E-state index contributed by atoms with van der Waals surface area (Å²) in [6.45, 7) is 8.06. The molecule has 0 fully saturated rings. The smallest absolute Gasteiger partial charge is 0.174 e. The molecule has 29 heavy (non-hydrogen) atoms. The van der Waals surface area contributed by atoms with Crippen molar-refractivity contribution in [2.45, 2.75) is 33.9 Å². The van der Waals surface area contributed by atoms with Gasteiger partial charge < -0.3 is 14.8 Å². The van der Waals surface area contributed by atoms with Crippen LogP contribution >= 0.6 is 38.5 Å². The highest BCUT2D eigenvalue weighted by Gasteiger charge is 2.13. The predicted molar refractivity (Wildman–Crippen MR) is 132 cm³/mol. The third-order valence-electron chi connectivity index (χ3n) is 4.53. The number of nitrogens with one attached hydrogen (secondary N) is 1. The van der Waals surface area contributed by atoms with E-state index < -0.39 is 0 Å². The molecule has 0 unspecified atom stereocenters. The standard InChI is InChI=1S/C24H25BrINO2/c1-4-28-23-13-19(14-27-22-10-5-16(2)11-17(22)3)12-21(26)24(23)29-15-18-6-8-20(25)9-7-18/h5-13,27H,4,14-15H2,1-3H3. The Morgan fingerprint density at radius 3 is 2.38 bits per heavy atom. The van der Waals surface area contributed by atoms with E-state index >= 15 is 0 Å². The SMILES string of the molecule is CCOc1cc(CNc2ccc(C)cc2C)cc(I)c1OCc1ccc(Br)cc1. The molecule has 3 rings (SSSR count). The minimum Gasteiger partial charge on any atom is -0.490 e. The Kier molecular flexibility index (Phi) is 7.84. The first-order valence-electron chi connectivity index (χ1n) is 9.60. The van der Waals surface area contributed by atoms with Gasteiger partial charge in [-0.05, 0) is 90.4 Å². The zero-order chi connectivity index (χ0) is 20.8. The molecule has 0 aliphatic rings. The van der Waals surface area contributed by atoms with Gasteiger partial charge in [0.15, 0.2) is 11.5 Å². The maximum absolute atomic E-state index is 6.13. The van der Waals surface area contributed by atoms with Crippen molar-refractivity contribution in [3.63, 3.8) is 0 Å². The van der Waals surface area contributed by atoms with Crippen LogP contribution in [0.2, 0.25) is 0 Å². The van der Waals surface area contributed by atoms with E-state index in [0.717, 1.165) is 42.9 Å². The van der Waals surface area contributed by atoms with Crippen LogP contribution in [0, 0.1) is 17.4 Å². The van der Waals surface area contributed by atoms with E-state index in [1.54, 1.807) is 0 Å². The molecule has 0 bridgehead atoms. The molecule has 1 N–H and O–H groups in total. The summed E-state index contributed by atoms with van der Waals surface area (Å²) < 4.78 is 14.1. The van der Waals surface area contributed by atoms with E-state index in [4.69, 9.17) is 9.47 Å². The summed E-state index contributed by atoms with van der Waals surface area (Å²) in [6, 6.07) is 18.8. The lowest BCUT2D eigenvalue weighted by atomic mass is 10.1. The highest BCUT2D eigenvalue weighted by Crippen LogP contribution is 2.35. The maximum Gasteiger partial charge on any atom is 0.174 e. The number of halogens is 2. The lowest BCUT2D eigenvalue weighted by molar-refractivity contribution is 0.267. The van der Waals surface area contributed by atoms with Crippen LogP contribution in [0.3, 0.4) is 0 Å². The molecule has 0 aliphatic carbocycles. The molecule has 3 nitrogen and oxygen atoms in total. The fourth-order valence-corrected chi connectivity index (χ4v) is 4.16. The van der Waals surface area contributed by atoms with E-state index in [9.17, 15) is 0 Å². The minimum atomic E-state index is 0.503. The third-order valence-corrected chi connectivity index (χ3v) is 5.86. The van der Waals surface area contributed by atoms with Crippen LogP contribution in [0.4, 0.5) is 5.69 Å². The normalized spacial score (nSPS) is 10.7. The van der Waals surface area contributed by atoms with Gasteiger partial charge >= 0.3 is 0 Å². The maximum atomic E-state index is 6.13. The Hall–Kier alpha value is -1.73. The summed E-state index contributed by atoms with van der Waals surface area (Å²) in [5.41, 5.74) is 5.95. The molecule has 0 saturated heterocycles. The fraction of sp³-hybridized carbons (Fsp3) is 0.250. The van der Waals surface area contributed by atoms with Gasteiger partial charge in [-0.1, -0.05) is 45.8 Å². The van der Waals surface area contributed by atoms with Crippen LogP contribution in [-0.4, -0.2) is 6.61 Å². The summed E-state index contributed by atoms with van der Waals surface area (Å²) in [5.74, 6) is 1.58. The van der Waals surface area contributed by atoms with Gasteiger partial charge in [-0.3, -0.25) is 0 Å². The fourth-order valence-electron chi connectivity index (χ4n) is 3.07. The second kappa shape index (κ2) is 10.3. The predicted octanol–water partition coefficient (Wildman–Crippen LogP) is 7.26. The molecule has 0 radical (unpaired) electrons. The largest absolute Gasteiger partial charge is 0.490 e. The third kappa shape index (κ3) is 6.12. The number of ether oxygens (including phenoxy) is 2. The molecule has 5 heteroatoms. The molecular weight excluding hydrogens is 541 g/mol. The van der Waals surface area contributed by atoms with E-state index in [1.165, 1.54) is 11.1 Å². The van der Waals surface area contributed by atoms with Gasteiger partial charge in [0.25, 0.3) is 0 Å². The van der Waals surface area contributed by atoms with Crippen LogP contribution in [-0.2, 0) is 13.2 Å². The Labute approximate surface area is 195 Å². The van der Waals surface area contributed by atoms with E-state index in [-0.39, 0.29) is 0 Å². The van der Waals surface area contributed by atoms with Gasteiger partial charge in [0, 0.05) is 16.7 Å². The van der Waals surface area contributed by atoms with Crippen molar-refractivity contribution in [2.75, 3.05) is 11.9 Å². The second-order valence-corrected chi connectivity index (χ2v) is 9.00. The van der Waals surface area contributed by atoms with Crippen LogP contribution in [0.5, 0.6) is 11.5 Å². The monoisotopic (exact) mass is 565 g/mol. The Morgan fingerprint density at radius 2 is 1.69 bits per heavy atom. The molecule has 152 valence electrons. The van der Waals surface area contributed by atoms with Crippen molar-refractivity contribution in [1.82, 2.24) is 0 Å². The number of hydrogen-bond donors (Lipinski definition) is 1. The van der Waals surface area contributed by atoms with Crippen molar-refractivity contribution in [1.29, 1.82) is 0 Å². The zero-order valence-corrected chi connectivity index (χ0v) is 20.6. The van der Waals surface area contributed by atoms with Crippen molar-refractivity contribution < 1.29 is 9.47 Å². The van der Waals surface area contributed by atoms with Gasteiger partial charge in [0.1, 0.15) is 6.61 Å². The van der Waals surface area contributed by atoms with Crippen molar-refractivity contribution in [2.24, 2.45) is 0 Å². The molecule has 3 aromatic rings. The molecule has 0 heterocycles. The zero-order valence-electron chi connectivity index (χ0n) is 16.9. The van der Waals surface area contributed by atoms with Crippen molar-refractivity contribution in [3.05, 3.63) is 84.9 Å². The first-order chi connectivity index (χ1) is 14.0. The number of aryl methyl sites for hydroxylation is 2. The lowest BCUT2D eigenvalue weighted by Gasteiger charge is -2.17. The highest BCUT2D eigenvalue weighted by atomic mass is 127. The van der Waals surface area contributed by atoms with Gasteiger partial charge in [-0.15, -0.1) is 0 Å². The summed E-state index contributed by atoms with van der Waals surface area (Å²) in [5, 5.41) is 3.53. The summed E-state index contributed by atoms with van der Waals surface area (Å²) in [6.07, 6.45) is 0. The van der Waals surface area contributed by atoms with Gasteiger partial charge in [0.2, 0.25) is 0 Å². The molecular formula is C24H25BrINO2. The number of benzene rings is 3. The number of hydrogen-bond acceptors (Lipinski definition) is 3. The molecule has 0 saturated carbocycles. The molecule has 3 aromatic carbocycles. The molecule has 0 atom stereocenters. The van der Waals surface area contributed by atoms with Crippen molar-refractivity contribution >= 4 is 44.2 Å². The van der Waals surface area contributed by atoms with Crippen LogP contribution in [0.15, 0.2) is 59.1 Å². The number of anilines is 1. The molecule has 0 aromatic heterocycles. The molecule has 0 spiro atoms. The molecule has 0 aliphatic heterocycles. The van der Waals surface area contributed by atoms with E-state index in [0.29, 0.717) is 13.2 Å². The van der Waals surface area contributed by atoms with Crippen LogP contribution < -0.4 is 14.8 Å².